The standard InChI is InChI=1S/C22H22N4O2/c1-25(2)19-11-9-18(10-12-19)24-21(27)16-13-17(15-23-14-16)22(28)26(3)20-7-5-4-6-8-20/h4-15H,1-3H3,(H,24,27). The second kappa shape index (κ2) is 8.35. The van der Waals surface area contributed by atoms with E-state index in [0.29, 0.717) is 16.8 Å². The van der Waals surface area contributed by atoms with E-state index in [1.165, 1.54) is 17.3 Å². The van der Waals surface area contributed by atoms with Gasteiger partial charge in [-0.05, 0) is 42.5 Å². The second-order valence-corrected chi connectivity index (χ2v) is 6.56. The molecular formula is C22H22N4O2. The fourth-order valence-corrected chi connectivity index (χ4v) is 2.69. The van der Waals surface area contributed by atoms with Crippen LogP contribution in [-0.2, 0) is 0 Å². The summed E-state index contributed by atoms with van der Waals surface area (Å²) >= 11 is 0. The predicted molar refractivity (Wildman–Crippen MR) is 112 cm³/mol. The number of carbonyl (C=O) groups excluding carboxylic acids is 2. The maximum absolute atomic E-state index is 12.7. The van der Waals surface area contributed by atoms with Gasteiger partial charge in [-0.2, -0.15) is 0 Å². The Morgan fingerprint density at radius 2 is 1.46 bits per heavy atom. The first-order valence-corrected chi connectivity index (χ1v) is 8.82. The molecule has 0 saturated heterocycles. The first kappa shape index (κ1) is 19.1. The predicted octanol–water partition coefficient (Wildman–Crippen LogP) is 3.68. The summed E-state index contributed by atoms with van der Waals surface area (Å²) in [5, 5.41) is 2.83. The van der Waals surface area contributed by atoms with Crippen molar-refractivity contribution in [1.82, 2.24) is 4.98 Å². The number of pyridine rings is 1. The van der Waals surface area contributed by atoms with Gasteiger partial charge in [-0.3, -0.25) is 14.6 Å². The fourth-order valence-electron chi connectivity index (χ4n) is 2.69. The average Bonchev–Trinajstić information content (AvgIpc) is 2.73. The molecule has 2 amide bonds. The Labute approximate surface area is 164 Å². The molecule has 0 bridgehead atoms. The van der Waals surface area contributed by atoms with E-state index in [1.807, 2.05) is 73.6 Å². The van der Waals surface area contributed by atoms with Gasteiger partial charge in [-0.15, -0.1) is 0 Å². The van der Waals surface area contributed by atoms with Crippen LogP contribution in [0.25, 0.3) is 0 Å². The lowest BCUT2D eigenvalue weighted by molar-refractivity contribution is 0.0992. The summed E-state index contributed by atoms with van der Waals surface area (Å²) in [6.07, 6.45) is 2.91. The van der Waals surface area contributed by atoms with Crippen LogP contribution in [0, 0.1) is 0 Å². The molecule has 0 aliphatic carbocycles. The summed E-state index contributed by atoms with van der Waals surface area (Å²) in [7, 11) is 5.60. The van der Waals surface area contributed by atoms with Crippen LogP contribution < -0.4 is 15.1 Å². The molecule has 1 N–H and O–H groups in total. The first-order chi connectivity index (χ1) is 13.5. The molecule has 1 heterocycles. The number of anilines is 3. The SMILES string of the molecule is CN(C)c1ccc(NC(=O)c2cncc(C(=O)N(C)c3ccccc3)c2)cc1. The Kier molecular flexibility index (Phi) is 5.69. The number of aromatic nitrogens is 1. The topological polar surface area (TPSA) is 65.5 Å². The number of nitrogens with zero attached hydrogens (tertiary/aromatic N) is 3. The van der Waals surface area contributed by atoms with Gasteiger partial charge in [0.25, 0.3) is 11.8 Å². The summed E-state index contributed by atoms with van der Waals surface area (Å²) in [6.45, 7) is 0. The van der Waals surface area contributed by atoms with Crippen molar-refractivity contribution in [1.29, 1.82) is 0 Å². The van der Waals surface area contributed by atoms with Crippen LogP contribution in [0.1, 0.15) is 20.7 Å². The van der Waals surface area contributed by atoms with Gasteiger partial charge < -0.3 is 15.1 Å². The van der Waals surface area contributed by atoms with E-state index < -0.39 is 0 Å². The van der Waals surface area contributed by atoms with Gasteiger partial charge in [-0.25, -0.2) is 0 Å². The summed E-state index contributed by atoms with van der Waals surface area (Å²) < 4.78 is 0. The van der Waals surface area contributed by atoms with Gasteiger partial charge in [0.2, 0.25) is 0 Å². The van der Waals surface area contributed by atoms with E-state index in [2.05, 4.69) is 10.3 Å². The van der Waals surface area contributed by atoms with E-state index >= 15 is 0 Å². The molecule has 6 nitrogen and oxygen atoms in total. The Morgan fingerprint density at radius 3 is 2.11 bits per heavy atom. The number of para-hydroxylation sites is 1. The van der Waals surface area contributed by atoms with Crippen LogP contribution in [0.4, 0.5) is 17.1 Å². The quantitative estimate of drug-likeness (QED) is 0.740. The monoisotopic (exact) mass is 374 g/mol. The van der Waals surface area contributed by atoms with Crippen LogP contribution in [0.5, 0.6) is 0 Å². The highest BCUT2D eigenvalue weighted by Gasteiger charge is 2.16. The summed E-state index contributed by atoms with van der Waals surface area (Å²) in [6, 6.07) is 18.4. The van der Waals surface area contributed by atoms with E-state index in [9.17, 15) is 9.59 Å². The van der Waals surface area contributed by atoms with Crippen molar-refractivity contribution in [3.63, 3.8) is 0 Å². The Balaban J connectivity index is 1.75. The number of benzene rings is 2. The minimum Gasteiger partial charge on any atom is -0.378 e. The third-order valence-corrected chi connectivity index (χ3v) is 4.34. The lowest BCUT2D eigenvalue weighted by Crippen LogP contribution is -2.26. The van der Waals surface area contributed by atoms with Crippen LogP contribution in [0.15, 0.2) is 73.1 Å². The van der Waals surface area contributed by atoms with Gasteiger partial charge in [0.15, 0.2) is 0 Å². The van der Waals surface area contributed by atoms with Crippen LogP contribution in [-0.4, -0.2) is 37.9 Å². The Bertz CT molecular complexity index is 969. The molecule has 0 unspecified atom stereocenters. The number of rotatable bonds is 5. The molecule has 0 fully saturated rings. The molecular weight excluding hydrogens is 352 g/mol. The maximum atomic E-state index is 12.7. The van der Waals surface area contributed by atoms with Gasteiger partial charge >= 0.3 is 0 Å². The zero-order chi connectivity index (χ0) is 20.1. The minimum atomic E-state index is -0.317. The number of hydrogen-bond acceptors (Lipinski definition) is 4. The van der Waals surface area contributed by atoms with Gasteiger partial charge in [0.05, 0.1) is 11.1 Å². The lowest BCUT2D eigenvalue weighted by atomic mass is 10.1. The van der Waals surface area contributed by atoms with Crippen molar-refractivity contribution in [2.75, 3.05) is 36.3 Å². The highest BCUT2D eigenvalue weighted by molar-refractivity contribution is 6.09. The van der Waals surface area contributed by atoms with Gasteiger partial charge in [-0.1, -0.05) is 18.2 Å². The van der Waals surface area contributed by atoms with Crippen molar-refractivity contribution in [2.45, 2.75) is 0 Å². The molecule has 3 rings (SSSR count). The molecule has 0 saturated carbocycles. The second-order valence-electron chi connectivity index (χ2n) is 6.56. The number of amides is 2. The zero-order valence-corrected chi connectivity index (χ0v) is 16.1. The molecule has 6 heteroatoms. The van der Waals surface area contributed by atoms with Crippen LogP contribution >= 0.6 is 0 Å². The molecule has 3 aromatic rings. The highest BCUT2D eigenvalue weighted by atomic mass is 16.2. The summed E-state index contributed by atoms with van der Waals surface area (Å²) in [4.78, 5) is 32.9. The molecule has 142 valence electrons. The van der Waals surface area contributed by atoms with Crippen molar-refractivity contribution in [3.8, 4) is 0 Å². The number of carbonyl (C=O) groups is 2. The largest absolute Gasteiger partial charge is 0.378 e. The third kappa shape index (κ3) is 4.35. The smallest absolute Gasteiger partial charge is 0.259 e. The van der Waals surface area contributed by atoms with Crippen molar-refractivity contribution in [2.24, 2.45) is 0 Å². The molecule has 0 aliphatic rings. The van der Waals surface area contributed by atoms with Crippen molar-refractivity contribution < 1.29 is 9.59 Å². The Morgan fingerprint density at radius 1 is 0.821 bits per heavy atom. The molecule has 2 aromatic carbocycles. The molecule has 0 radical (unpaired) electrons. The highest BCUT2D eigenvalue weighted by Crippen LogP contribution is 2.18. The van der Waals surface area contributed by atoms with Crippen LogP contribution in [0.2, 0.25) is 0 Å². The van der Waals surface area contributed by atoms with Crippen molar-refractivity contribution in [3.05, 3.63) is 84.2 Å². The van der Waals surface area contributed by atoms with E-state index in [-0.39, 0.29) is 11.8 Å². The minimum absolute atomic E-state index is 0.233. The molecule has 1 aromatic heterocycles. The first-order valence-electron chi connectivity index (χ1n) is 8.82. The van der Waals surface area contributed by atoms with Gasteiger partial charge in [0.1, 0.15) is 0 Å². The van der Waals surface area contributed by atoms with Gasteiger partial charge in [0, 0.05) is 50.6 Å². The van der Waals surface area contributed by atoms with E-state index in [0.717, 1.165) is 11.4 Å². The number of hydrogen-bond donors (Lipinski definition) is 1. The summed E-state index contributed by atoms with van der Waals surface area (Å²) in [5.41, 5.74) is 3.15. The van der Waals surface area contributed by atoms with E-state index in [1.54, 1.807) is 13.1 Å². The van der Waals surface area contributed by atoms with Crippen molar-refractivity contribution >= 4 is 28.9 Å². The molecule has 28 heavy (non-hydrogen) atoms. The normalized spacial score (nSPS) is 10.2. The average molecular weight is 374 g/mol. The molecule has 0 aliphatic heterocycles. The fraction of sp³-hybridized carbons (Fsp3) is 0.136. The third-order valence-electron chi connectivity index (χ3n) is 4.34. The number of nitrogens with one attached hydrogen (secondary N) is 1. The maximum Gasteiger partial charge on any atom is 0.259 e. The van der Waals surface area contributed by atoms with E-state index in [4.69, 9.17) is 0 Å². The van der Waals surface area contributed by atoms with Crippen LogP contribution in [0.3, 0.4) is 0 Å². The Hall–Kier alpha value is -3.67. The molecule has 0 atom stereocenters. The lowest BCUT2D eigenvalue weighted by Gasteiger charge is -2.17. The summed E-state index contributed by atoms with van der Waals surface area (Å²) in [5.74, 6) is -0.550. The zero-order valence-electron chi connectivity index (χ0n) is 16.1. The molecule has 0 spiro atoms.